The molecule has 178 valence electrons. The summed E-state index contributed by atoms with van der Waals surface area (Å²) in [6, 6.07) is 21.5. The minimum Gasteiger partial charge on any atom is -0.497 e. The maximum Gasteiger partial charge on any atom is 0.174 e. The summed E-state index contributed by atoms with van der Waals surface area (Å²) in [5, 5.41) is 4.84. The minimum absolute atomic E-state index is 0.183. The zero-order valence-corrected chi connectivity index (χ0v) is 21.2. The lowest BCUT2D eigenvalue weighted by Crippen LogP contribution is -2.30. The second-order valence-corrected chi connectivity index (χ2v) is 9.06. The van der Waals surface area contributed by atoms with Gasteiger partial charge in [-0.15, -0.1) is 0 Å². The van der Waals surface area contributed by atoms with E-state index in [1.54, 1.807) is 20.4 Å². The number of hydrogen-bond donors (Lipinski definition) is 1. The molecule has 1 saturated heterocycles. The third-order valence-corrected chi connectivity index (χ3v) is 6.99. The second-order valence-electron chi connectivity index (χ2n) is 8.27. The predicted molar refractivity (Wildman–Crippen MR) is 143 cm³/mol. The summed E-state index contributed by atoms with van der Waals surface area (Å²) in [5.74, 6) is 1.38. The summed E-state index contributed by atoms with van der Waals surface area (Å²) in [7, 11) is 3.28. The number of aromatic nitrogens is 2. The van der Waals surface area contributed by atoms with E-state index < -0.39 is 0 Å². The van der Waals surface area contributed by atoms with Gasteiger partial charge in [0, 0.05) is 34.9 Å². The molecule has 3 heterocycles. The van der Waals surface area contributed by atoms with E-state index in [1.807, 2.05) is 61.5 Å². The number of nitrogens with one attached hydrogen (secondary N) is 1. The van der Waals surface area contributed by atoms with Crippen LogP contribution in [0.3, 0.4) is 0 Å². The molecule has 6 nitrogen and oxygen atoms in total. The number of nitrogens with zero attached hydrogens (tertiary/aromatic N) is 3. The monoisotopic (exact) mass is 504 g/mol. The number of benzene rings is 2. The van der Waals surface area contributed by atoms with Crippen molar-refractivity contribution in [2.24, 2.45) is 0 Å². The van der Waals surface area contributed by atoms with E-state index >= 15 is 0 Å². The maximum absolute atomic E-state index is 6.32. The molecule has 0 spiro atoms. The molecule has 4 aromatic rings. The molecule has 2 atom stereocenters. The number of pyridine rings is 1. The SMILES string of the molecule is COc1ccc(N2C(=S)NC(c3ccccn3)C2c2cccn2-c2ccc(Cl)c(C)c2)c(OC)c1. The van der Waals surface area contributed by atoms with Crippen LogP contribution in [0.1, 0.15) is 29.0 Å². The summed E-state index contributed by atoms with van der Waals surface area (Å²) in [5.41, 5.74) is 4.82. The van der Waals surface area contributed by atoms with Gasteiger partial charge < -0.3 is 24.3 Å². The molecule has 35 heavy (non-hydrogen) atoms. The van der Waals surface area contributed by atoms with E-state index in [0.29, 0.717) is 16.6 Å². The Morgan fingerprint density at radius 3 is 2.57 bits per heavy atom. The Morgan fingerprint density at radius 1 is 1.00 bits per heavy atom. The molecule has 0 radical (unpaired) electrons. The first-order valence-electron chi connectivity index (χ1n) is 11.2. The first-order valence-corrected chi connectivity index (χ1v) is 12.0. The fraction of sp³-hybridized carbons (Fsp3) is 0.185. The summed E-state index contributed by atoms with van der Waals surface area (Å²) in [6.07, 6.45) is 3.85. The molecule has 5 rings (SSSR count). The molecule has 0 aliphatic carbocycles. The van der Waals surface area contributed by atoms with Crippen LogP contribution in [0.2, 0.25) is 5.02 Å². The van der Waals surface area contributed by atoms with Crippen molar-refractivity contribution in [2.75, 3.05) is 19.1 Å². The van der Waals surface area contributed by atoms with Crippen LogP contribution in [0.4, 0.5) is 5.69 Å². The molecule has 1 aliphatic heterocycles. The third-order valence-electron chi connectivity index (χ3n) is 6.25. The minimum atomic E-state index is -0.203. The average molecular weight is 505 g/mol. The molecule has 1 N–H and O–H groups in total. The molecule has 2 aromatic carbocycles. The average Bonchev–Trinajstić information content (AvgIpc) is 3.50. The second kappa shape index (κ2) is 9.60. The number of anilines is 1. The van der Waals surface area contributed by atoms with E-state index in [-0.39, 0.29) is 12.1 Å². The third kappa shape index (κ3) is 4.22. The van der Waals surface area contributed by atoms with Gasteiger partial charge in [0.05, 0.1) is 31.6 Å². The highest BCUT2D eigenvalue weighted by Gasteiger charge is 2.43. The fourth-order valence-electron chi connectivity index (χ4n) is 4.55. The summed E-state index contributed by atoms with van der Waals surface area (Å²) >= 11 is 12.2. The van der Waals surface area contributed by atoms with Crippen LogP contribution in [0.5, 0.6) is 11.5 Å². The van der Waals surface area contributed by atoms with Gasteiger partial charge in [-0.25, -0.2) is 0 Å². The molecule has 2 aromatic heterocycles. The Hall–Kier alpha value is -3.55. The van der Waals surface area contributed by atoms with E-state index in [9.17, 15) is 0 Å². The molecule has 0 amide bonds. The zero-order chi connectivity index (χ0) is 24.5. The number of methoxy groups -OCH3 is 2. The van der Waals surface area contributed by atoms with Crippen molar-refractivity contribution in [3.05, 3.63) is 101 Å². The molecule has 1 aliphatic rings. The van der Waals surface area contributed by atoms with Crippen LogP contribution < -0.4 is 19.7 Å². The summed E-state index contributed by atoms with van der Waals surface area (Å²) < 4.78 is 13.3. The molecular formula is C27H25ClN4O2S. The smallest absolute Gasteiger partial charge is 0.174 e. The molecule has 0 bridgehead atoms. The van der Waals surface area contributed by atoms with Crippen LogP contribution >= 0.6 is 23.8 Å². The van der Waals surface area contributed by atoms with Gasteiger partial charge in [0.2, 0.25) is 0 Å². The highest BCUT2D eigenvalue weighted by Crippen LogP contribution is 2.45. The normalized spacial score (nSPS) is 17.4. The first kappa shape index (κ1) is 23.2. The number of rotatable bonds is 6. The van der Waals surface area contributed by atoms with Crippen molar-refractivity contribution in [1.82, 2.24) is 14.9 Å². The standard InChI is InChI=1S/C27H25ClN4O2S/c1-17-15-18(9-11-20(17)28)31-14-6-8-23(31)26-25(21-7-4-5-13-29-21)30-27(35)32(26)22-12-10-19(33-2)16-24(22)34-3/h4-16,25-26H,1-3H3,(H,30,35). The first-order chi connectivity index (χ1) is 17.0. The number of thiocarbonyl (C=S) groups is 1. The zero-order valence-electron chi connectivity index (χ0n) is 19.6. The molecule has 0 saturated carbocycles. The summed E-state index contributed by atoms with van der Waals surface area (Å²) in [6.45, 7) is 2.01. The lowest BCUT2D eigenvalue weighted by molar-refractivity contribution is 0.394. The Labute approximate surface area is 215 Å². The van der Waals surface area contributed by atoms with Gasteiger partial charge in [-0.3, -0.25) is 4.98 Å². The number of halogens is 1. The van der Waals surface area contributed by atoms with Crippen LogP contribution in [-0.2, 0) is 0 Å². The van der Waals surface area contributed by atoms with Gasteiger partial charge in [-0.2, -0.15) is 0 Å². The van der Waals surface area contributed by atoms with Crippen molar-refractivity contribution in [2.45, 2.75) is 19.0 Å². The van der Waals surface area contributed by atoms with Gasteiger partial charge >= 0.3 is 0 Å². The maximum atomic E-state index is 6.32. The van der Waals surface area contributed by atoms with Crippen molar-refractivity contribution in [3.63, 3.8) is 0 Å². The van der Waals surface area contributed by atoms with Crippen LogP contribution in [0.15, 0.2) is 79.1 Å². The van der Waals surface area contributed by atoms with Crippen molar-refractivity contribution in [1.29, 1.82) is 0 Å². The van der Waals surface area contributed by atoms with E-state index in [2.05, 4.69) is 38.1 Å². The Kier molecular flexibility index (Phi) is 6.36. The highest BCUT2D eigenvalue weighted by molar-refractivity contribution is 7.80. The lowest BCUT2D eigenvalue weighted by atomic mass is 10.0. The molecule has 2 unspecified atom stereocenters. The van der Waals surface area contributed by atoms with Gasteiger partial charge in [0.1, 0.15) is 17.5 Å². The Bertz CT molecular complexity index is 1370. The summed E-state index contributed by atoms with van der Waals surface area (Å²) in [4.78, 5) is 6.75. The van der Waals surface area contributed by atoms with Crippen molar-refractivity contribution in [3.8, 4) is 17.2 Å². The van der Waals surface area contributed by atoms with E-state index in [0.717, 1.165) is 33.3 Å². The number of aryl methyl sites for hydroxylation is 1. The molecule has 8 heteroatoms. The van der Waals surface area contributed by atoms with Gasteiger partial charge in [-0.1, -0.05) is 17.7 Å². The lowest BCUT2D eigenvalue weighted by Gasteiger charge is -2.30. The number of ether oxygens (including phenoxy) is 2. The van der Waals surface area contributed by atoms with Crippen molar-refractivity contribution >= 4 is 34.6 Å². The predicted octanol–water partition coefficient (Wildman–Crippen LogP) is 6.03. The Morgan fingerprint density at radius 2 is 1.86 bits per heavy atom. The largest absolute Gasteiger partial charge is 0.497 e. The van der Waals surface area contributed by atoms with Gasteiger partial charge in [-0.05, 0) is 79.3 Å². The van der Waals surface area contributed by atoms with Gasteiger partial charge in [0.15, 0.2) is 5.11 Å². The van der Waals surface area contributed by atoms with E-state index in [4.69, 9.17) is 33.3 Å². The van der Waals surface area contributed by atoms with Crippen LogP contribution in [0.25, 0.3) is 5.69 Å². The van der Waals surface area contributed by atoms with Crippen molar-refractivity contribution < 1.29 is 9.47 Å². The highest BCUT2D eigenvalue weighted by atomic mass is 35.5. The molecular weight excluding hydrogens is 480 g/mol. The number of hydrogen-bond acceptors (Lipinski definition) is 4. The topological polar surface area (TPSA) is 51.5 Å². The quantitative estimate of drug-likeness (QED) is 0.324. The Balaban J connectivity index is 1.69. The van der Waals surface area contributed by atoms with Crippen LogP contribution in [0, 0.1) is 6.92 Å². The fourth-order valence-corrected chi connectivity index (χ4v) is 5.00. The van der Waals surface area contributed by atoms with E-state index in [1.165, 1.54) is 0 Å². The van der Waals surface area contributed by atoms with Crippen LogP contribution in [-0.4, -0.2) is 28.9 Å². The van der Waals surface area contributed by atoms with Gasteiger partial charge in [0.25, 0.3) is 0 Å². The molecule has 1 fully saturated rings.